The predicted molar refractivity (Wildman–Crippen MR) is 89.2 cm³/mol. The summed E-state index contributed by atoms with van der Waals surface area (Å²) in [6.45, 7) is 11.0. The van der Waals surface area contributed by atoms with Crippen molar-refractivity contribution in [2.75, 3.05) is 26.2 Å². The van der Waals surface area contributed by atoms with Crippen molar-refractivity contribution in [1.82, 2.24) is 0 Å². The summed E-state index contributed by atoms with van der Waals surface area (Å²) in [5.74, 6) is -1.47. The Kier molecular flexibility index (Phi) is 11.2. The quantitative estimate of drug-likeness (QED) is 0.322. The molecule has 0 radical (unpaired) electrons. The summed E-state index contributed by atoms with van der Waals surface area (Å²) in [4.78, 5) is 11.1. The number of quaternary nitrogens is 1. The number of aliphatic carboxylic acids is 1. The fraction of sp³-hybridized carbons (Fsp3) is 0.833. The summed E-state index contributed by atoms with van der Waals surface area (Å²) in [5.41, 5.74) is 0. The summed E-state index contributed by atoms with van der Waals surface area (Å²) in [6, 6.07) is 0. The van der Waals surface area contributed by atoms with Crippen LogP contribution in [0.3, 0.4) is 0 Å². The molecule has 0 amide bonds. The number of carbonyl (C=O) groups excluding carboxylic acids is 1. The first-order valence-electron chi connectivity index (χ1n) is 8.76. The highest BCUT2D eigenvalue weighted by atomic mass is 16.4. The van der Waals surface area contributed by atoms with Gasteiger partial charge in [-0.2, -0.15) is 0 Å². The van der Waals surface area contributed by atoms with Crippen molar-refractivity contribution in [3.8, 4) is 0 Å². The van der Waals surface area contributed by atoms with Crippen molar-refractivity contribution >= 4 is 5.97 Å². The number of carboxylic acids is 1. The highest BCUT2D eigenvalue weighted by Gasteiger charge is 2.31. The highest BCUT2D eigenvalue weighted by molar-refractivity contribution is 5.67. The lowest BCUT2D eigenvalue weighted by atomic mass is 10.1. The largest absolute Gasteiger partial charge is 0.550 e. The van der Waals surface area contributed by atoms with E-state index in [4.69, 9.17) is 0 Å². The standard InChI is InChI=1S/C18H35NO3/c1-5-8-9-10-11-17(20)15-19(12-6-2,13-7-3)14-16(4)18(21)22/h5,8,16-17,20H,6-7,9-15H2,1-4H3/b8-5+. The van der Waals surface area contributed by atoms with Crippen LogP contribution in [0.1, 0.15) is 59.8 Å². The van der Waals surface area contributed by atoms with Gasteiger partial charge in [-0.05, 0) is 39.0 Å². The van der Waals surface area contributed by atoms with Crippen LogP contribution in [-0.4, -0.2) is 47.8 Å². The molecule has 2 unspecified atom stereocenters. The van der Waals surface area contributed by atoms with E-state index in [-0.39, 0.29) is 6.10 Å². The molecule has 2 atom stereocenters. The smallest absolute Gasteiger partial charge is 0.105 e. The van der Waals surface area contributed by atoms with Crippen LogP contribution < -0.4 is 5.11 Å². The summed E-state index contributed by atoms with van der Waals surface area (Å²) >= 11 is 0. The third-order valence-corrected chi connectivity index (χ3v) is 4.20. The van der Waals surface area contributed by atoms with E-state index < -0.39 is 11.9 Å². The second-order valence-corrected chi connectivity index (χ2v) is 6.53. The van der Waals surface area contributed by atoms with E-state index in [1.807, 2.05) is 13.0 Å². The molecule has 0 spiro atoms. The summed E-state index contributed by atoms with van der Waals surface area (Å²) in [7, 11) is 0. The summed E-state index contributed by atoms with van der Waals surface area (Å²) in [5, 5.41) is 21.5. The minimum absolute atomic E-state index is 0.364. The number of allylic oxidation sites excluding steroid dienone is 2. The van der Waals surface area contributed by atoms with Gasteiger partial charge in [0.25, 0.3) is 0 Å². The number of rotatable bonds is 13. The predicted octanol–water partition coefficient (Wildman–Crippen LogP) is 2.12. The van der Waals surface area contributed by atoms with Crippen LogP contribution in [0.2, 0.25) is 0 Å². The van der Waals surface area contributed by atoms with E-state index in [9.17, 15) is 15.0 Å². The Morgan fingerprint density at radius 1 is 1.23 bits per heavy atom. The molecule has 4 heteroatoms. The van der Waals surface area contributed by atoms with Gasteiger partial charge in [-0.3, -0.25) is 0 Å². The Hall–Kier alpha value is -0.870. The zero-order chi connectivity index (χ0) is 17.0. The number of nitrogens with zero attached hydrogens (tertiary/aromatic N) is 1. The van der Waals surface area contributed by atoms with Gasteiger partial charge in [-0.25, -0.2) is 0 Å². The average molecular weight is 313 g/mol. The van der Waals surface area contributed by atoms with E-state index in [1.54, 1.807) is 6.92 Å². The molecule has 0 heterocycles. The SMILES string of the molecule is C/C=C/CCCC(O)C[N+](CCC)(CCC)CC(C)C(=O)[O-]. The highest BCUT2D eigenvalue weighted by Crippen LogP contribution is 2.17. The third kappa shape index (κ3) is 8.54. The van der Waals surface area contributed by atoms with Gasteiger partial charge in [0.1, 0.15) is 12.6 Å². The van der Waals surface area contributed by atoms with Crippen molar-refractivity contribution < 1.29 is 19.5 Å². The molecule has 0 aromatic rings. The minimum Gasteiger partial charge on any atom is -0.550 e. The number of aliphatic hydroxyl groups excluding tert-OH is 1. The monoisotopic (exact) mass is 313 g/mol. The number of carboxylic acid groups (broad SMARTS) is 1. The zero-order valence-electron chi connectivity index (χ0n) is 14.9. The second-order valence-electron chi connectivity index (χ2n) is 6.53. The van der Waals surface area contributed by atoms with Crippen molar-refractivity contribution in [3.63, 3.8) is 0 Å². The molecule has 0 aliphatic rings. The molecule has 0 aliphatic heterocycles. The van der Waals surface area contributed by atoms with Crippen molar-refractivity contribution in [3.05, 3.63) is 12.2 Å². The van der Waals surface area contributed by atoms with Crippen LogP contribution in [0, 0.1) is 5.92 Å². The Balaban J connectivity index is 4.77. The number of carbonyl (C=O) groups is 1. The molecule has 22 heavy (non-hydrogen) atoms. The lowest BCUT2D eigenvalue weighted by Crippen LogP contribution is -2.57. The number of hydrogen-bond acceptors (Lipinski definition) is 3. The van der Waals surface area contributed by atoms with Crippen molar-refractivity contribution in [2.45, 2.75) is 65.9 Å². The van der Waals surface area contributed by atoms with Crippen LogP contribution >= 0.6 is 0 Å². The molecular formula is C18H35NO3. The van der Waals surface area contributed by atoms with Gasteiger partial charge in [0, 0.05) is 11.9 Å². The van der Waals surface area contributed by atoms with Crippen molar-refractivity contribution in [1.29, 1.82) is 0 Å². The van der Waals surface area contributed by atoms with Gasteiger partial charge in [0.15, 0.2) is 0 Å². The fourth-order valence-corrected chi connectivity index (χ4v) is 3.33. The Bertz CT molecular complexity index is 322. The van der Waals surface area contributed by atoms with Crippen molar-refractivity contribution in [2.24, 2.45) is 5.92 Å². The number of hydrogen-bond donors (Lipinski definition) is 1. The van der Waals surface area contributed by atoms with E-state index >= 15 is 0 Å². The van der Waals surface area contributed by atoms with Gasteiger partial charge in [0.2, 0.25) is 0 Å². The maximum absolute atomic E-state index is 11.1. The average Bonchev–Trinajstić information content (AvgIpc) is 2.44. The molecule has 0 saturated carbocycles. The molecule has 0 bridgehead atoms. The lowest BCUT2D eigenvalue weighted by molar-refractivity contribution is -0.933. The van der Waals surface area contributed by atoms with Gasteiger partial charge < -0.3 is 19.5 Å². The molecule has 0 fully saturated rings. The van der Waals surface area contributed by atoms with E-state index in [1.165, 1.54) is 0 Å². The summed E-state index contributed by atoms with van der Waals surface area (Å²) < 4.78 is 0.687. The topological polar surface area (TPSA) is 60.4 Å². The molecule has 0 aliphatic carbocycles. The van der Waals surface area contributed by atoms with E-state index in [2.05, 4.69) is 19.9 Å². The Morgan fingerprint density at radius 2 is 1.82 bits per heavy atom. The summed E-state index contributed by atoms with van der Waals surface area (Å²) in [6.07, 6.45) is 8.50. The molecule has 130 valence electrons. The maximum Gasteiger partial charge on any atom is 0.105 e. The van der Waals surface area contributed by atoms with E-state index in [0.29, 0.717) is 17.6 Å². The van der Waals surface area contributed by atoms with E-state index in [0.717, 1.165) is 45.2 Å². The number of aliphatic hydroxyl groups is 1. The molecule has 0 aromatic carbocycles. The van der Waals surface area contributed by atoms with Gasteiger partial charge >= 0.3 is 0 Å². The van der Waals surface area contributed by atoms with Crippen LogP contribution in [0.25, 0.3) is 0 Å². The van der Waals surface area contributed by atoms with Crippen LogP contribution in [0.4, 0.5) is 0 Å². The first-order valence-corrected chi connectivity index (χ1v) is 8.76. The fourth-order valence-electron chi connectivity index (χ4n) is 3.33. The van der Waals surface area contributed by atoms with Crippen LogP contribution in [-0.2, 0) is 4.79 Å². The first-order chi connectivity index (χ1) is 10.4. The van der Waals surface area contributed by atoms with Gasteiger partial charge in [-0.15, -0.1) is 0 Å². The molecule has 0 saturated heterocycles. The molecule has 1 N–H and O–H groups in total. The lowest BCUT2D eigenvalue weighted by Gasteiger charge is -2.42. The molecule has 4 nitrogen and oxygen atoms in total. The molecule has 0 rings (SSSR count). The Labute approximate surface area is 136 Å². The maximum atomic E-state index is 11.1. The molecular weight excluding hydrogens is 278 g/mol. The first kappa shape index (κ1) is 21.1. The van der Waals surface area contributed by atoms with Gasteiger partial charge in [0.05, 0.1) is 19.6 Å². The van der Waals surface area contributed by atoms with Crippen LogP contribution in [0.5, 0.6) is 0 Å². The third-order valence-electron chi connectivity index (χ3n) is 4.20. The number of unbranched alkanes of at least 4 members (excludes halogenated alkanes) is 1. The van der Waals surface area contributed by atoms with Crippen LogP contribution in [0.15, 0.2) is 12.2 Å². The van der Waals surface area contributed by atoms with Gasteiger partial charge in [-0.1, -0.05) is 32.9 Å². The zero-order valence-corrected chi connectivity index (χ0v) is 14.9. The minimum atomic E-state index is -0.989. The normalized spacial score (nSPS) is 15.1. The molecule has 0 aromatic heterocycles. The Morgan fingerprint density at radius 3 is 2.27 bits per heavy atom. The second kappa shape index (κ2) is 11.7.